The van der Waals surface area contributed by atoms with E-state index >= 15 is 0 Å². The van der Waals surface area contributed by atoms with Gasteiger partial charge in [0.15, 0.2) is 5.78 Å². The standard InChI is InChI=1S/C15H26O3/c1-2-18-15(9-5-3-4-6-10-15)14(16)13-7-11-17-12-8-13/h13H,2-12H2,1H3. The maximum absolute atomic E-state index is 12.8. The van der Waals surface area contributed by atoms with Crippen LogP contribution in [0.2, 0.25) is 0 Å². The van der Waals surface area contributed by atoms with Gasteiger partial charge < -0.3 is 9.47 Å². The zero-order valence-electron chi connectivity index (χ0n) is 11.6. The summed E-state index contributed by atoms with van der Waals surface area (Å²) in [6.07, 6.45) is 8.38. The summed E-state index contributed by atoms with van der Waals surface area (Å²) in [5, 5.41) is 0. The molecule has 1 aliphatic carbocycles. The Morgan fingerprint density at radius 1 is 1.17 bits per heavy atom. The van der Waals surface area contributed by atoms with E-state index in [1.165, 1.54) is 12.8 Å². The fourth-order valence-electron chi connectivity index (χ4n) is 3.37. The first-order valence-electron chi connectivity index (χ1n) is 7.54. The molecular weight excluding hydrogens is 228 g/mol. The van der Waals surface area contributed by atoms with Gasteiger partial charge in [-0.05, 0) is 32.6 Å². The number of rotatable bonds is 4. The van der Waals surface area contributed by atoms with Crippen molar-refractivity contribution in [2.24, 2.45) is 5.92 Å². The van der Waals surface area contributed by atoms with Crippen molar-refractivity contribution in [1.29, 1.82) is 0 Å². The van der Waals surface area contributed by atoms with Crippen molar-refractivity contribution < 1.29 is 14.3 Å². The molecule has 1 heterocycles. The summed E-state index contributed by atoms with van der Waals surface area (Å²) in [4.78, 5) is 12.8. The van der Waals surface area contributed by atoms with Crippen LogP contribution in [0.5, 0.6) is 0 Å². The van der Waals surface area contributed by atoms with E-state index in [0.29, 0.717) is 12.4 Å². The predicted molar refractivity (Wildman–Crippen MR) is 70.6 cm³/mol. The summed E-state index contributed by atoms with van der Waals surface area (Å²) in [5.41, 5.74) is -0.465. The Kier molecular flexibility index (Phi) is 5.19. The zero-order valence-corrected chi connectivity index (χ0v) is 11.6. The molecule has 3 nitrogen and oxygen atoms in total. The number of ketones is 1. The van der Waals surface area contributed by atoms with Gasteiger partial charge in [-0.1, -0.05) is 25.7 Å². The lowest BCUT2D eigenvalue weighted by Crippen LogP contribution is -2.46. The third-order valence-corrected chi connectivity index (χ3v) is 4.37. The molecule has 104 valence electrons. The molecule has 0 atom stereocenters. The zero-order chi connectivity index (χ0) is 12.8. The second kappa shape index (κ2) is 6.67. The molecule has 1 aliphatic heterocycles. The highest BCUT2D eigenvalue weighted by atomic mass is 16.5. The van der Waals surface area contributed by atoms with Crippen LogP contribution >= 0.6 is 0 Å². The van der Waals surface area contributed by atoms with E-state index in [2.05, 4.69) is 0 Å². The molecule has 0 unspecified atom stereocenters. The highest BCUT2D eigenvalue weighted by molar-refractivity contribution is 5.89. The summed E-state index contributed by atoms with van der Waals surface area (Å²) in [7, 11) is 0. The minimum atomic E-state index is -0.465. The molecule has 18 heavy (non-hydrogen) atoms. The van der Waals surface area contributed by atoms with Gasteiger partial charge in [-0.25, -0.2) is 0 Å². The van der Waals surface area contributed by atoms with Crippen LogP contribution in [0.25, 0.3) is 0 Å². The molecule has 0 bridgehead atoms. The monoisotopic (exact) mass is 254 g/mol. The van der Waals surface area contributed by atoms with Crippen molar-refractivity contribution in [2.75, 3.05) is 19.8 Å². The summed E-state index contributed by atoms with van der Waals surface area (Å²) in [5.74, 6) is 0.540. The molecule has 1 saturated carbocycles. The topological polar surface area (TPSA) is 35.5 Å². The second-order valence-corrected chi connectivity index (χ2v) is 5.59. The molecule has 2 rings (SSSR count). The van der Waals surface area contributed by atoms with Crippen molar-refractivity contribution in [2.45, 2.75) is 63.9 Å². The van der Waals surface area contributed by atoms with Gasteiger partial charge in [0.05, 0.1) is 0 Å². The Balaban J connectivity index is 2.08. The third kappa shape index (κ3) is 3.12. The summed E-state index contributed by atoms with van der Waals surface area (Å²) < 4.78 is 11.3. The molecule has 0 aromatic rings. The smallest absolute Gasteiger partial charge is 0.167 e. The molecule has 0 aromatic heterocycles. The Labute approximate surface area is 110 Å². The van der Waals surface area contributed by atoms with Crippen molar-refractivity contribution in [3.8, 4) is 0 Å². The maximum atomic E-state index is 12.8. The van der Waals surface area contributed by atoms with Crippen LogP contribution in [0, 0.1) is 5.92 Å². The Morgan fingerprint density at radius 3 is 2.33 bits per heavy atom. The van der Waals surface area contributed by atoms with Gasteiger partial charge >= 0.3 is 0 Å². The number of hydrogen-bond acceptors (Lipinski definition) is 3. The van der Waals surface area contributed by atoms with E-state index in [-0.39, 0.29) is 5.92 Å². The van der Waals surface area contributed by atoms with Crippen LogP contribution in [0.3, 0.4) is 0 Å². The number of carbonyl (C=O) groups excluding carboxylic acids is 1. The molecule has 0 amide bonds. The lowest BCUT2D eigenvalue weighted by atomic mass is 9.80. The van der Waals surface area contributed by atoms with Crippen LogP contribution < -0.4 is 0 Å². The van der Waals surface area contributed by atoms with E-state index in [1.807, 2.05) is 6.92 Å². The van der Waals surface area contributed by atoms with Gasteiger partial charge in [0, 0.05) is 25.7 Å². The molecule has 2 fully saturated rings. The molecular formula is C15H26O3. The fourth-order valence-corrected chi connectivity index (χ4v) is 3.37. The average molecular weight is 254 g/mol. The summed E-state index contributed by atoms with van der Waals surface area (Å²) in [6.45, 7) is 4.12. The normalized spacial score (nSPS) is 25.6. The Hall–Kier alpha value is -0.410. The molecule has 2 aliphatic rings. The molecule has 0 N–H and O–H groups in total. The van der Waals surface area contributed by atoms with Crippen LogP contribution in [0.1, 0.15) is 58.3 Å². The van der Waals surface area contributed by atoms with Crippen molar-refractivity contribution in [3.63, 3.8) is 0 Å². The van der Waals surface area contributed by atoms with E-state index in [0.717, 1.165) is 51.7 Å². The molecule has 0 aromatic carbocycles. The van der Waals surface area contributed by atoms with Crippen LogP contribution in [0.4, 0.5) is 0 Å². The van der Waals surface area contributed by atoms with E-state index < -0.39 is 5.60 Å². The fraction of sp³-hybridized carbons (Fsp3) is 0.933. The van der Waals surface area contributed by atoms with E-state index in [9.17, 15) is 4.79 Å². The largest absolute Gasteiger partial charge is 0.381 e. The maximum Gasteiger partial charge on any atom is 0.167 e. The summed E-state index contributed by atoms with van der Waals surface area (Å²) in [6, 6.07) is 0. The Morgan fingerprint density at radius 2 is 1.78 bits per heavy atom. The van der Waals surface area contributed by atoms with Crippen LogP contribution in [-0.2, 0) is 14.3 Å². The minimum absolute atomic E-state index is 0.170. The highest BCUT2D eigenvalue weighted by Crippen LogP contribution is 2.35. The predicted octanol–water partition coefficient (Wildman–Crippen LogP) is 3.11. The lowest BCUT2D eigenvalue weighted by molar-refractivity contribution is -0.153. The quantitative estimate of drug-likeness (QED) is 0.723. The molecule has 0 radical (unpaired) electrons. The Bertz CT molecular complexity index is 261. The number of Topliss-reactive ketones (excluding diaryl/α,β-unsaturated/α-hetero) is 1. The SMILES string of the molecule is CCOC1(C(=O)C2CCOCC2)CCCCCC1. The van der Waals surface area contributed by atoms with E-state index in [4.69, 9.17) is 9.47 Å². The van der Waals surface area contributed by atoms with Gasteiger partial charge in [0.2, 0.25) is 0 Å². The van der Waals surface area contributed by atoms with Crippen molar-refractivity contribution in [3.05, 3.63) is 0 Å². The first-order chi connectivity index (χ1) is 8.78. The average Bonchev–Trinajstić information content (AvgIpc) is 2.66. The lowest BCUT2D eigenvalue weighted by Gasteiger charge is -2.35. The first kappa shape index (κ1) is 14.0. The number of hydrogen-bond donors (Lipinski definition) is 0. The van der Waals surface area contributed by atoms with E-state index in [1.54, 1.807) is 0 Å². The van der Waals surface area contributed by atoms with Crippen molar-refractivity contribution in [1.82, 2.24) is 0 Å². The van der Waals surface area contributed by atoms with Crippen molar-refractivity contribution >= 4 is 5.78 Å². The second-order valence-electron chi connectivity index (χ2n) is 5.59. The number of carbonyl (C=O) groups is 1. The minimum Gasteiger partial charge on any atom is -0.381 e. The first-order valence-corrected chi connectivity index (χ1v) is 7.54. The van der Waals surface area contributed by atoms with Crippen LogP contribution in [0.15, 0.2) is 0 Å². The molecule has 3 heteroatoms. The number of ether oxygens (including phenoxy) is 2. The van der Waals surface area contributed by atoms with Crippen LogP contribution in [-0.4, -0.2) is 31.2 Å². The highest BCUT2D eigenvalue weighted by Gasteiger charge is 2.42. The third-order valence-electron chi connectivity index (χ3n) is 4.37. The van der Waals surface area contributed by atoms with Gasteiger partial charge in [-0.3, -0.25) is 4.79 Å². The van der Waals surface area contributed by atoms with Gasteiger partial charge in [-0.2, -0.15) is 0 Å². The summed E-state index contributed by atoms with van der Waals surface area (Å²) >= 11 is 0. The molecule has 0 spiro atoms. The molecule has 1 saturated heterocycles. The van der Waals surface area contributed by atoms with Gasteiger partial charge in [0.1, 0.15) is 5.60 Å². The van der Waals surface area contributed by atoms with Gasteiger partial charge in [-0.15, -0.1) is 0 Å². The van der Waals surface area contributed by atoms with Gasteiger partial charge in [0.25, 0.3) is 0 Å².